The van der Waals surface area contributed by atoms with Gasteiger partial charge in [0.25, 0.3) is 0 Å². The Kier molecular flexibility index (Phi) is 45.2. The van der Waals surface area contributed by atoms with Crippen molar-refractivity contribution in [3.8, 4) is 0 Å². The number of carbonyl (C=O) groups is 3. The smallest absolute Gasteiger partial charge is 0.306 e. The van der Waals surface area contributed by atoms with Gasteiger partial charge in [-0.15, -0.1) is 0 Å². The zero-order chi connectivity index (χ0) is 45.1. The molecule has 0 heterocycles. The van der Waals surface area contributed by atoms with Gasteiger partial charge in [-0.3, -0.25) is 14.4 Å². The molecule has 0 aromatic heterocycles. The number of ether oxygens (including phenoxy) is 3. The van der Waals surface area contributed by atoms with Crippen LogP contribution in [0.15, 0.2) is 146 Å². The highest BCUT2D eigenvalue weighted by atomic mass is 16.6. The number of unbranched alkanes of at least 4 members (excludes halogenated alkanes) is 10. The van der Waals surface area contributed by atoms with E-state index in [2.05, 4.69) is 99.8 Å². The minimum Gasteiger partial charge on any atom is -0.462 e. The molecule has 0 spiro atoms. The lowest BCUT2D eigenvalue weighted by Gasteiger charge is -2.18. The van der Waals surface area contributed by atoms with E-state index in [4.69, 9.17) is 14.2 Å². The Morgan fingerprint density at radius 1 is 0.355 bits per heavy atom. The summed E-state index contributed by atoms with van der Waals surface area (Å²) in [6, 6.07) is 0. The SMILES string of the molecule is CC\C=C/C=C\C=C/C=C\C=C/CCCC(=O)OCC(COC(=O)CC/C=C\C/C=C\C/C=C\C/C=C\C/C=C\CC)OC(=O)CCCCCCCC/C=C\C=C/CCCCC. The highest BCUT2D eigenvalue weighted by molar-refractivity contribution is 5.71. The van der Waals surface area contributed by atoms with Crippen LogP contribution in [0.5, 0.6) is 0 Å². The van der Waals surface area contributed by atoms with Crippen molar-refractivity contribution in [2.24, 2.45) is 0 Å². The van der Waals surface area contributed by atoms with Gasteiger partial charge in [-0.1, -0.05) is 205 Å². The molecular formula is C56H84O6. The molecule has 0 aromatic carbocycles. The third-order valence-electron chi connectivity index (χ3n) is 9.23. The molecule has 0 amide bonds. The van der Waals surface area contributed by atoms with E-state index in [0.717, 1.165) is 83.5 Å². The Hall–Kier alpha value is -4.71. The first-order chi connectivity index (χ1) is 30.5. The number of hydrogen-bond acceptors (Lipinski definition) is 6. The van der Waals surface area contributed by atoms with Crippen LogP contribution in [0.4, 0.5) is 0 Å². The number of allylic oxidation sites excluding steroid dienone is 24. The minimum absolute atomic E-state index is 0.149. The number of carbonyl (C=O) groups excluding carboxylic acids is 3. The maximum atomic E-state index is 12.8. The van der Waals surface area contributed by atoms with E-state index in [1.165, 1.54) is 32.1 Å². The molecule has 6 nitrogen and oxygen atoms in total. The van der Waals surface area contributed by atoms with Crippen molar-refractivity contribution >= 4 is 17.9 Å². The lowest BCUT2D eigenvalue weighted by atomic mass is 10.1. The van der Waals surface area contributed by atoms with E-state index < -0.39 is 6.10 Å². The van der Waals surface area contributed by atoms with Crippen LogP contribution < -0.4 is 0 Å². The maximum absolute atomic E-state index is 12.8. The van der Waals surface area contributed by atoms with E-state index in [9.17, 15) is 14.4 Å². The van der Waals surface area contributed by atoms with Gasteiger partial charge in [0.15, 0.2) is 6.10 Å². The third kappa shape index (κ3) is 46.4. The average molecular weight is 853 g/mol. The van der Waals surface area contributed by atoms with Crippen LogP contribution in [0.1, 0.15) is 168 Å². The first kappa shape index (κ1) is 57.3. The molecular weight excluding hydrogens is 769 g/mol. The molecule has 6 heteroatoms. The summed E-state index contributed by atoms with van der Waals surface area (Å²) in [6.45, 7) is 6.17. The van der Waals surface area contributed by atoms with E-state index in [1.807, 2.05) is 66.8 Å². The van der Waals surface area contributed by atoms with E-state index in [1.54, 1.807) is 0 Å². The summed E-state index contributed by atoms with van der Waals surface area (Å²) in [5.74, 6) is -1.13. The molecule has 62 heavy (non-hydrogen) atoms. The van der Waals surface area contributed by atoms with Crippen LogP contribution in [0.25, 0.3) is 0 Å². The van der Waals surface area contributed by atoms with Crippen molar-refractivity contribution in [2.45, 2.75) is 175 Å². The Morgan fingerprint density at radius 3 is 1.31 bits per heavy atom. The van der Waals surface area contributed by atoms with Gasteiger partial charge in [-0.25, -0.2) is 0 Å². The van der Waals surface area contributed by atoms with Crippen LogP contribution in [-0.4, -0.2) is 37.2 Å². The molecule has 1 unspecified atom stereocenters. The summed E-state index contributed by atoms with van der Waals surface area (Å²) < 4.78 is 16.6. The van der Waals surface area contributed by atoms with Gasteiger partial charge in [0, 0.05) is 19.3 Å². The molecule has 0 N–H and O–H groups in total. The Bertz CT molecular complexity index is 1440. The highest BCUT2D eigenvalue weighted by Crippen LogP contribution is 2.11. The summed E-state index contributed by atoms with van der Waals surface area (Å²) in [5, 5.41) is 0. The summed E-state index contributed by atoms with van der Waals surface area (Å²) >= 11 is 0. The molecule has 0 rings (SSSR count). The molecule has 0 fully saturated rings. The standard InChI is InChI=1S/C56H84O6/c1-4-7-10-13-16-19-22-25-27-29-31-34-37-40-43-46-49-55(58)61-52-53(51-60-54(57)48-45-42-39-36-33-30-24-21-18-15-12-9-6-3)62-56(59)50-47-44-41-38-35-32-28-26-23-20-17-14-11-8-5-2/h7,9-10,12,15-21,23-27,30-31,33-34,36,39-40,43,53H,4-6,8,11,13-14,22,28-29,32,35,37-38,41-42,44-52H2,1-3H3/b10-7-,12-9-,18-15-,19-16-,20-17-,24-21-,26-23-,27-25-,33-30-,34-31-,39-36-,43-40-. The lowest BCUT2D eigenvalue weighted by molar-refractivity contribution is -0.166. The van der Waals surface area contributed by atoms with Gasteiger partial charge in [-0.2, -0.15) is 0 Å². The van der Waals surface area contributed by atoms with Crippen LogP contribution >= 0.6 is 0 Å². The normalized spacial score (nSPS) is 13.4. The van der Waals surface area contributed by atoms with Crippen molar-refractivity contribution in [3.05, 3.63) is 146 Å². The first-order valence-corrected chi connectivity index (χ1v) is 23.9. The van der Waals surface area contributed by atoms with Crippen molar-refractivity contribution in [2.75, 3.05) is 13.2 Å². The molecule has 0 saturated carbocycles. The Morgan fingerprint density at radius 2 is 0.758 bits per heavy atom. The molecule has 1 atom stereocenters. The summed E-state index contributed by atoms with van der Waals surface area (Å²) in [4.78, 5) is 37.8. The first-order valence-electron chi connectivity index (χ1n) is 23.9. The topological polar surface area (TPSA) is 78.9 Å². The minimum atomic E-state index is -0.848. The van der Waals surface area contributed by atoms with Crippen molar-refractivity contribution in [1.29, 1.82) is 0 Å². The summed E-state index contributed by atoms with van der Waals surface area (Å²) in [5.41, 5.74) is 0. The molecule has 0 saturated heterocycles. The highest BCUT2D eigenvalue weighted by Gasteiger charge is 2.19. The Labute approximate surface area is 378 Å². The van der Waals surface area contributed by atoms with Gasteiger partial charge in [0.2, 0.25) is 0 Å². The number of hydrogen-bond donors (Lipinski definition) is 0. The van der Waals surface area contributed by atoms with Gasteiger partial charge in [-0.05, 0) is 89.9 Å². The molecule has 0 aliphatic heterocycles. The van der Waals surface area contributed by atoms with Crippen molar-refractivity contribution < 1.29 is 28.6 Å². The number of rotatable bonds is 40. The monoisotopic (exact) mass is 853 g/mol. The molecule has 0 aromatic rings. The second-order valence-electron chi connectivity index (χ2n) is 15.0. The second kappa shape index (κ2) is 49.0. The lowest BCUT2D eigenvalue weighted by Crippen LogP contribution is -2.30. The average Bonchev–Trinajstić information content (AvgIpc) is 3.27. The van der Waals surface area contributed by atoms with Gasteiger partial charge < -0.3 is 14.2 Å². The van der Waals surface area contributed by atoms with Gasteiger partial charge >= 0.3 is 17.9 Å². The summed E-state index contributed by atoms with van der Waals surface area (Å²) in [7, 11) is 0. The maximum Gasteiger partial charge on any atom is 0.306 e. The van der Waals surface area contributed by atoms with Crippen LogP contribution in [-0.2, 0) is 28.6 Å². The predicted octanol–water partition coefficient (Wildman–Crippen LogP) is 15.7. The zero-order valence-electron chi connectivity index (χ0n) is 39.1. The fourth-order valence-corrected chi connectivity index (χ4v) is 5.69. The molecule has 0 aliphatic rings. The molecule has 0 bridgehead atoms. The number of esters is 3. The van der Waals surface area contributed by atoms with E-state index >= 15 is 0 Å². The van der Waals surface area contributed by atoms with E-state index in [0.29, 0.717) is 12.8 Å². The van der Waals surface area contributed by atoms with E-state index in [-0.39, 0.29) is 50.4 Å². The fourth-order valence-electron chi connectivity index (χ4n) is 5.69. The van der Waals surface area contributed by atoms with Gasteiger partial charge in [0.1, 0.15) is 13.2 Å². The predicted molar refractivity (Wildman–Crippen MR) is 265 cm³/mol. The zero-order valence-corrected chi connectivity index (χ0v) is 39.1. The largest absolute Gasteiger partial charge is 0.462 e. The van der Waals surface area contributed by atoms with Crippen molar-refractivity contribution in [1.82, 2.24) is 0 Å². The molecule has 344 valence electrons. The second-order valence-corrected chi connectivity index (χ2v) is 15.0. The van der Waals surface area contributed by atoms with Crippen molar-refractivity contribution in [3.63, 3.8) is 0 Å². The van der Waals surface area contributed by atoms with Crippen LogP contribution in [0.2, 0.25) is 0 Å². The third-order valence-corrected chi connectivity index (χ3v) is 9.23. The quantitative estimate of drug-likeness (QED) is 0.0201. The Balaban J connectivity index is 4.66. The van der Waals surface area contributed by atoms with Gasteiger partial charge in [0.05, 0.1) is 0 Å². The molecule has 0 aliphatic carbocycles. The fraction of sp³-hybridized carbons (Fsp3) is 0.518. The van der Waals surface area contributed by atoms with Crippen LogP contribution in [0.3, 0.4) is 0 Å². The summed E-state index contributed by atoms with van der Waals surface area (Å²) in [6.07, 6.45) is 69.9. The van der Waals surface area contributed by atoms with Crippen LogP contribution in [0, 0.1) is 0 Å². The molecule has 0 radical (unpaired) electrons.